The van der Waals surface area contributed by atoms with Gasteiger partial charge in [0.25, 0.3) is 5.91 Å². The lowest BCUT2D eigenvalue weighted by Gasteiger charge is -2.17. The Hall–Kier alpha value is -3.15. The first-order valence-corrected chi connectivity index (χ1v) is 9.58. The second kappa shape index (κ2) is 9.17. The molecule has 2 N–H and O–H groups in total. The molecule has 0 unspecified atom stereocenters. The molecular weight excluding hydrogens is 354 g/mol. The molecule has 146 valence electrons. The number of para-hydroxylation sites is 1. The topological polar surface area (TPSA) is 78.5 Å². The minimum atomic E-state index is -0.428. The van der Waals surface area contributed by atoms with Crippen molar-refractivity contribution in [2.75, 3.05) is 18.4 Å². The summed E-state index contributed by atoms with van der Waals surface area (Å²) in [6.07, 6.45) is 1.02. The lowest BCUT2D eigenvalue weighted by Crippen LogP contribution is -2.29. The van der Waals surface area contributed by atoms with Crippen LogP contribution < -0.4 is 10.6 Å². The van der Waals surface area contributed by atoms with Crippen molar-refractivity contribution in [3.8, 4) is 0 Å². The quantitative estimate of drug-likeness (QED) is 0.776. The summed E-state index contributed by atoms with van der Waals surface area (Å²) in [7, 11) is 0. The molecule has 2 aromatic rings. The van der Waals surface area contributed by atoms with Crippen LogP contribution in [0.25, 0.3) is 0 Å². The molecule has 0 aromatic heterocycles. The van der Waals surface area contributed by atoms with Crippen LogP contribution >= 0.6 is 0 Å². The van der Waals surface area contributed by atoms with E-state index in [0.717, 1.165) is 12.0 Å². The fourth-order valence-corrected chi connectivity index (χ4v) is 3.26. The van der Waals surface area contributed by atoms with E-state index in [9.17, 15) is 14.4 Å². The van der Waals surface area contributed by atoms with E-state index in [1.165, 1.54) is 0 Å². The van der Waals surface area contributed by atoms with Crippen LogP contribution in [-0.2, 0) is 16.1 Å². The van der Waals surface area contributed by atoms with Gasteiger partial charge in [0.1, 0.15) is 0 Å². The Morgan fingerprint density at radius 3 is 2.54 bits per heavy atom. The number of nitrogens with zero attached hydrogens (tertiary/aromatic N) is 1. The SMILES string of the molecule is CCCNC(=O)c1ccccc1NC(=O)[C@H]1CC(=O)N(Cc2ccccc2)C1. The summed E-state index contributed by atoms with van der Waals surface area (Å²) in [4.78, 5) is 39.1. The summed E-state index contributed by atoms with van der Waals surface area (Å²) in [5.41, 5.74) is 1.93. The Kier molecular flexibility index (Phi) is 6.42. The number of likely N-dealkylation sites (tertiary alicyclic amines) is 1. The van der Waals surface area contributed by atoms with Crippen LogP contribution in [-0.4, -0.2) is 35.7 Å². The number of nitrogens with one attached hydrogen (secondary N) is 2. The largest absolute Gasteiger partial charge is 0.352 e. The summed E-state index contributed by atoms with van der Waals surface area (Å²) in [6, 6.07) is 16.6. The zero-order valence-corrected chi connectivity index (χ0v) is 16.0. The highest BCUT2D eigenvalue weighted by molar-refractivity contribution is 6.05. The predicted molar refractivity (Wildman–Crippen MR) is 108 cm³/mol. The van der Waals surface area contributed by atoms with Gasteiger partial charge in [0.15, 0.2) is 0 Å². The van der Waals surface area contributed by atoms with Crippen molar-refractivity contribution in [1.82, 2.24) is 10.2 Å². The van der Waals surface area contributed by atoms with Crippen molar-refractivity contribution < 1.29 is 14.4 Å². The van der Waals surface area contributed by atoms with E-state index in [0.29, 0.717) is 30.9 Å². The number of rotatable bonds is 7. The second-order valence-electron chi connectivity index (χ2n) is 6.95. The van der Waals surface area contributed by atoms with Crippen LogP contribution in [0.1, 0.15) is 35.7 Å². The lowest BCUT2D eigenvalue weighted by molar-refractivity contribution is -0.128. The molecule has 3 rings (SSSR count). The Morgan fingerprint density at radius 1 is 1.07 bits per heavy atom. The van der Waals surface area contributed by atoms with Crippen molar-refractivity contribution in [2.24, 2.45) is 5.92 Å². The third kappa shape index (κ3) is 4.76. The monoisotopic (exact) mass is 379 g/mol. The van der Waals surface area contributed by atoms with Gasteiger partial charge >= 0.3 is 0 Å². The maximum Gasteiger partial charge on any atom is 0.253 e. The number of anilines is 1. The van der Waals surface area contributed by atoms with E-state index in [1.807, 2.05) is 37.3 Å². The molecule has 1 atom stereocenters. The molecule has 0 radical (unpaired) electrons. The highest BCUT2D eigenvalue weighted by Crippen LogP contribution is 2.23. The zero-order valence-electron chi connectivity index (χ0n) is 16.0. The molecule has 1 heterocycles. The van der Waals surface area contributed by atoms with Crippen LogP contribution in [0.3, 0.4) is 0 Å². The zero-order chi connectivity index (χ0) is 19.9. The summed E-state index contributed by atoms with van der Waals surface area (Å²) >= 11 is 0. The average Bonchev–Trinajstić information content (AvgIpc) is 3.08. The Labute approximate surface area is 164 Å². The summed E-state index contributed by atoms with van der Waals surface area (Å²) < 4.78 is 0. The molecule has 6 nitrogen and oxygen atoms in total. The first-order chi connectivity index (χ1) is 13.6. The second-order valence-corrected chi connectivity index (χ2v) is 6.95. The van der Waals surface area contributed by atoms with Gasteiger partial charge in [0.05, 0.1) is 17.2 Å². The summed E-state index contributed by atoms with van der Waals surface area (Å²) in [6.45, 7) is 3.43. The normalized spacial score (nSPS) is 16.1. The van der Waals surface area contributed by atoms with Crippen LogP contribution in [0, 0.1) is 5.92 Å². The standard InChI is InChI=1S/C22H25N3O3/c1-2-12-23-22(28)18-10-6-7-11-19(18)24-21(27)17-13-20(26)25(15-17)14-16-8-4-3-5-9-16/h3-11,17H,2,12-15H2,1H3,(H,23,28)(H,24,27)/t17-/m0/s1. The van der Waals surface area contributed by atoms with E-state index >= 15 is 0 Å². The molecule has 28 heavy (non-hydrogen) atoms. The van der Waals surface area contributed by atoms with Gasteiger partial charge in [-0.15, -0.1) is 0 Å². The summed E-state index contributed by atoms with van der Waals surface area (Å²) in [5.74, 6) is -0.911. The number of hydrogen-bond acceptors (Lipinski definition) is 3. The molecule has 1 fully saturated rings. The van der Waals surface area contributed by atoms with Crippen LogP contribution in [0.15, 0.2) is 54.6 Å². The van der Waals surface area contributed by atoms with Crippen molar-refractivity contribution in [3.63, 3.8) is 0 Å². The van der Waals surface area contributed by atoms with Gasteiger partial charge in [0.2, 0.25) is 11.8 Å². The Morgan fingerprint density at radius 2 is 1.79 bits per heavy atom. The third-order valence-electron chi connectivity index (χ3n) is 4.77. The molecule has 1 aliphatic heterocycles. The number of carbonyl (C=O) groups excluding carboxylic acids is 3. The lowest BCUT2D eigenvalue weighted by atomic mass is 10.1. The van der Waals surface area contributed by atoms with Gasteiger partial charge in [0, 0.05) is 26.1 Å². The molecule has 6 heteroatoms. The molecule has 0 aliphatic carbocycles. The van der Waals surface area contributed by atoms with Gasteiger partial charge < -0.3 is 15.5 Å². The Balaban J connectivity index is 1.64. The smallest absolute Gasteiger partial charge is 0.253 e. The molecule has 3 amide bonds. The highest BCUT2D eigenvalue weighted by Gasteiger charge is 2.34. The molecule has 0 saturated carbocycles. The summed E-state index contributed by atoms with van der Waals surface area (Å²) in [5, 5.41) is 5.66. The molecule has 1 saturated heterocycles. The number of carbonyl (C=O) groups is 3. The number of amides is 3. The fraction of sp³-hybridized carbons (Fsp3) is 0.318. The van der Waals surface area contributed by atoms with Crippen molar-refractivity contribution >= 4 is 23.4 Å². The van der Waals surface area contributed by atoms with Crippen molar-refractivity contribution in [2.45, 2.75) is 26.3 Å². The number of hydrogen-bond donors (Lipinski definition) is 2. The van der Waals surface area contributed by atoms with Gasteiger partial charge in [-0.25, -0.2) is 0 Å². The van der Waals surface area contributed by atoms with Crippen LogP contribution in [0.5, 0.6) is 0 Å². The maximum absolute atomic E-state index is 12.7. The van der Waals surface area contributed by atoms with E-state index in [1.54, 1.807) is 29.2 Å². The minimum Gasteiger partial charge on any atom is -0.352 e. The molecule has 1 aliphatic rings. The highest BCUT2D eigenvalue weighted by atomic mass is 16.2. The van der Waals surface area contributed by atoms with Crippen LogP contribution in [0.2, 0.25) is 0 Å². The maximum atomic E-state index is 12.7. The fourth-order valence-electron chi connectivity index (χ4n) is 3.26. The van der Waals surface area contributed by atoms with E-state index < -0.39 is 5.92 Å². The van der Waals surface area contributed by atoms with Gasteiger partial charge in [-0.05, 0) is 24.1 Å². The van der Waals surface area contributed by atoms with Crippen LogP contribution in [0.4, 0.5) is 5.69 Å². The van der Waals surface area contributed by atoms with Gasteiger partial charge in [-0.3, -0.25) is 14.4 Å². The van der Waals surface area contributed by atoms with Gasteiger partial charge in [-0.2, -0.15) is 0 Å². The van der Waals surface area contributed by atoms with E-state index in [-0.39, 0.29) is 24.1 Å². The minimum absolute atomic E-state index is 0.0297. The van der Waals surface area contributed by atoms with E-state index in [4.69, 9.17) is 0 Å². The average molecular weight is 379 g/mol. The molecule has 2 aromatic carbocycles. The van der Waals surface area contributed by atoms with Gasteiger partial charge in [-0.1, -0.05) is 49.4 Å². The van der Waals surface area contributed by atoms with E-state index in [2.05, 4.69) is 10.6 Å². The number of benzene rings is 2. The molecule has 0 bridgehead atoms. The van der Waals surface area contributed by atoms with Crippen molar-refractivity contribution in [3.05, 3.63) is 65.7 Å². The first kappa shape index (κ1) is 19.6. The van der Waals surface area contributed by atoms with Crippen molar-refractivity contribution in [1.29, 1.82) is 0 Å². The predicted octanol–water partition coefficient (Wildman–Crippen LogP) is 2.81. The Bertz CT molecular complexity index is 851. The first-order valence-electron chi connectivity index (χ1n) is 9.58. The third-order valence-corrected chi connectivity index (χ3v) is 4.77. The molecular formula is C22H25N3O3. The molecule has 0 spiro atoms.